The molecular weight excluding hydrogens is 376 g/mol. The number of benzene rings is 1. The van der Waals surface area contributed by atoms with Crippen LogP contribution in [0.25, 0.3) is 0 Å². The van der Waals surface area contributed by atoms with Gasteiger partial charge in [-0.3, -0.25) is 9.69 Å². The van der Waals surface area contributed by atoms with Gasteiger partial charge in [0.25, 0.3) is 5.56 Å². The fourth-order valence-corrected chi connectivity index (χ4v) is 6.14. The maximum absolute atomic E-state index is 13.4. The lowest BCUT2D eigenvalue weighted by Crippen LogP contribution is -2.43. The number of hydrogen-bond donors (Lipinski definition) is 0. The molecule has 29 heavy (non-hydrogen) atoms. The summed E-state index contributed by atoms with van der Waals surface area (Å²) < 4.78 is 2.18. The second-order valence-electron chi connectivity index (χ2n) is 9.17. The highest BCUT2D eigenvalue weighted by atomic mass is 32.2. The number of nitrogens with zero attached hydrogens (tertiary/aromatic N) is 2. The van der Waals surface area contributed by atoms with Gasteiger partial charge in [-0.05, 0) is 72.8 Å². The van der Waals surface area contributed by atoms with E-state index >= 15 is 0 Å². The molecule has 1 aliphatic carbocycles. The zero-order chi connectivity index (χ0) is 19.8. The molecular formula is C25H32N2OS. The van der Waals surface area contributed by atoms with Gasteiger partial charge in [-0.2, -0.15) is 11.8 Å². The van der Waals surface area contributed by atoms with Crippen LogP contribution in [0.15, 0.2) is 35.1 Å². The molecule has 2 fully saturated rings. The topological polar surface area (TPSA) is 25.2 Å². The molecule has 1 saturated heterocycles. The Labute approximate surface area is 178 Å². The second-order valence-corrected chi connectivity index (χ2v) is 10.4. The summed E-state index contributed by atoms with van der Waals surface area (Å²) in [4.78, 5) is 16.1. The molecule has 3 aliphatic rings. The van der Waals surface area contributed by atoms with Crippen LogP contribution in [0.5, 0.6) is 0 Å². The van der Waals surface area contributed by atoms with Crippen molar-refractivity contribution in [2.45, 2.75) is 64.6 Å². The van der Waals surface area contributed by atoms with E-state index in [4.69, 9.17) is 0 Å². The first-order chi connectivity index (χ1) is 14.2. The average molecular weight is 409 g/mol. The van der Waals surface area contributed by atoms with Crippen molar-refractivity contribution in [1.29, 1.82) is 0 Å². The summed E-state index contributed by atoms with van der Waals surface area (Å²) in [6.07, 6.45) is 6.99. The van der Waals surface area contributed by atoms with Crippen LogP contribution in [-0.2, 0) is 25.9 Å². The molecule has 1 saturated carbocycles. The third kappa shape index (κ3) is 4.20. The minimum Gasteiger partial charge on any atom is -0.312 e. The van der Waals surface area contributed by atoms with Crippen LogP contribution in [-0.4, -0.2) is 33.6 Å². The molecule has 154 valence electrons. The van der Waals surface area contributed by atoms with Gasteiger partial charge in [-0.15, -0.1) is 0 Å². The normalized spacial score (nSPS) is 20.6. The molecule has 3 nitrogen and oxygen atoms in total. The Balaban J connectivity index is 1.49. The average Bonchev–Trinajstić information content (AvgIpc) is 3.57. The molecule has 0 amide bonds. The van der Waals surface area contributed by atoms with E-state index in [9.17, 15) is 4.79 Å². The molecule has 0 unspecified atom stereocenters. The van der Waals surface area contributed by atoms with Gasteiger partial charge < -0.3 is 4.57 Å². The van der Waals surface area contributed by atoms with E-state index in [2.05, 4.69) is 58.5 Å². The number of aryl methyl sites for hydroxylation is 1. The van der Waals surface area contributed by atoms with Gasteiger partial charge in [0.15, 0.2) is 0 Å². The van der Waals surface area contributed by atoms with Gasteiger partial charge in [0.2, 0.25) is 0 Å². The predicted octanol–water partition coefficient (Wildman–Crippen LogP) is 4.41. The number of thioether (sulfide) groups is 1. The molecule has 0 spiro atoms. The summed E-state index contributed by atoms with van der Waals surface area (Å²) in [6.45, 7) is 5.22. The summed E-state index contributed by atoms with van der Waals surface area (Å²) in [5, 5.41) is 0. The fourth-order valence-electron chi connectivity index (χ4n) is 5.06. The third-order valence-electron chi connectivity index (χ3n) is 7.06. The lowest BCUT2D eigenvalue weighted by Gasteiger charge is -2.38. The Hall–Kier alpha value is -1.52. The van der Waals surface area contributed by atoms with E-state index < -0.39 is 0 Å². The molecule has 2 aromatic rings. The second kappa shape index (κ2) is 8.31. The van der Waals surface area contributed by atoms with Crippen molar-refractivity contribution in [2.75, 3.05) is 18.1 Å². The Kier molecular flexibility index (Phi) is 5.57. The SMILES string of the molecule is Cc1ccccc1Cc1cc2c(n(CC3CC3)c1=O)CCN(C1CCSCC1)C2. The fraction of sp³-hybridized carbons (Fsp3) is 0.560. The zero-order valence-electron chi connectivity index (χ0n) is 17.5. The lowest BCUT2D eigenvalue weighted by atomic mass is 9.96. The molecule has 1 aromatic heterocycles. The van der Waals surface area contributed by atoms with Crippen molar-refractivity contribution >= 4 is 11.8 Å². The molecule has 0 N–H and O–H groups in total. The van der Waals surface area contributed by atoms with Gasteiger partial charge in [-0.1, -0.05) is 24.3 Å². The maximum atomic E-state index is 13.4. The first kappa shape index (κ1) is 19.4. The predicted molar refractivity (Wildman–Crippen MR) is 122 cm³/mol. The quantitative estimate of drug-likeness (QED) is 0.733. The van der Waals surface area contributed by atoms with Crippen molar-refractivity contribution in [3.8, 4) is 0 Å². The van der Waals surface area contributed by atoms with Gasteiger partial charge in [0.1, 0.15) is 0 Å². The highest BCUT2D eigenvalue weighted by Crippen LogP contribution is 2.32. The van der Waals surface area contributed by atoms with Gasteiger partial charge in [-0.25, -0.2) is 0 Å². The first-order valence-electron chi connectivity index (χ1n) is 11.3. The summed E-state index contributed by atoms with van der Waals surface area (Å²) in [5.74, 6) is 3.32. The van der Waals surface area contributed by atoms with Gasteiger partial charge in [0.05, 0.1) is 0 Å². The Morgan fingerprint density at radius 2 is 1.86 bits per heavy atom. The smallest absolute Gasteiger partial charge is 0.254 e. The maximum Gasteiger partial charge on any atom is 0.254 e. The number of aromatic nitrogens is 1. The number of hydrogen-bond acceptors (Lipinski definition) is 3. The van der Waals surface area contributed by atoms with Crippen molar-refractivity contribution in [3.05, 3.63) is 68.6 Å². The summed E-state index contributed by atoms with van der Waals surface area (Å²) in [6, 6.07) is 11.5. The van der Waals surface area contributed by atoms with Crippen molar-refractivity contribution in [3.63, 3.8) is 0 Å². The van der Waals surface area contributed by atoms with Gasteiger partial charge >= 0.3 is 0 Å². The zero-order valence-corrected chi connectivity index (χ0v) is 18.3. The van der Waals surface area contributed by atoms with Crippen molar-refractivity contribution in [1.82, 2.24) is 9.47 Å². The highest BCUT2D eigenvalue weighted by molar-refractivity contribution is 7.99. The van der Waals surface area contributed by atoms with E-state index in [1.165, 1.54) is 59.6 Å². The molecule has 2 aliphatic heterocycles. The molecule has 4 heteroatoms. The van der Waals surface area contributed by atoms with Crippen LogP contribution in [0.3, 0.4) is 0 Å². The van der Waals surface area contributed by atoms with Crippen LogP contribution in [0.1, 0.15) is 53.6 Å². The summed E-state index contributed by atoms with van der Waals surface area (Å²) >= 11 is 2.10. The van der Waals surface area contributed by atoms with Crippen LogP contribution < -0.4 is 5.56 Å². The van der Waals surface area contributed by atoms with E-state index in [1.807, 2.05) is 0 Å². The van der Waals surface area contributed by atoms with E-state index in [0.717, 1.165) is 50.0 Å². The van der Waals surface area contributed by atoms with Crippen LogP contribution in [0, 0.1) is 12.8 Å². The minimum absolute atomic E-state index is 0.265. The Morgan fingerprint density at radius 1 is 1.07 bits per heavy atom. The van der Waals surface area contributed by atoms with E-state index in [0.29, 0.717) is 0 Å². The lowest BCUT2D eigenvalue weighted by molar-refractivity contribution is 0.165. The van der Waals surface area contributed by atoms with Crippen LogP contribution in [0.2, 0.25) is 0 Å². The number of rotatable bonds is 5. The van der Waals surface area contributed by atoms with Crippen LogP contribution in [0.4, 0.5) is 0 Å². The monoisotopic (exact) mass is 408 g/mol. The Bertz CT molecular complexity index is 940. The number of fused-ring (bicyclic) bond motifs is 1. The molecule has 0 atom stereocenters. The first-order valence-corrected chi connectivity index (χ1v) is 12.5. The third-order valence-corrected chi connectivity index (χ3v) is 8.11. The van der Waals surface area contributed by atoms with Crippen molar-refractivity contribution in [2.24, 2.45) is 5.92 Å². The van der Waals surface area contributed by atoms with E-state index in [-0.39, 0.29) is 5.56 Å². The summed E-state index contributed by atoms with van der Waals surface area (Å²) in [5.41, 5.74) is 6.55. The minimum atomic E-state index is 0.265. The molecule has 0 radical (unpaired) electrons. The molecule has 0 bridgehead atoms. The Morgan fingerprint density at radius 3 is 2.62 bits per heavy atom. The molecule has 3 heterocycles. The summed E-state index contributed by atoms with van der Waals surface area (Å²) in [7, 11) is 0. The molecule has 5 rings (SSSR count). The van der Waals surface area contributed by atoms with Crippen molar-refractivity contribution < 1.29 is 0 Å². The standard InChI is InChI=1S/C25H32N2OS/c1-18-4-2-3-5-20(18)14-21-15-22-17-26(23-9-12-29-13-10-23)11-8-24(22)27(25(21)28)16-19-6-7-19/h2-5,15,19,23H,6-14,16-17H2,1H3. The van der Waals surface area contributed by atoms with E-state index in [1.54, 1.807) is 0 Å². The van der Waals surface area contributed by atoms with Gasteiger partial charge in [0, 0.05) is 49.8 Å². The number of pyridine rings is 1. The van der Waals surface area contributed by atoms with Crippen LogP contribution >= 0.6 is 11.8 Å². The molecule has 1 aromatic carbocycles. The highest BCUT2D eigenvalue weighted by Gasteiger charge is 2.30. The largest absolute Gasteiger partial charge is 0.312 e.